The summed E-state index contributed by atoms with van der Waals surface area (Å²) in [5.74, 6) is 0.836. The highest BCUT2D eigenvalue weighted by atomic mass is 16.4. The number of imide groups is 1. The van der Waals surface area contributed by atoms with Crippen LogP contribution in [0.15, 0.2) is 65.3 Å². The van der Waals surface area contributed by atoms with E-state index in [1.54, 1.807) is 19.3 Å². The molecule has 0 bridgehead atoms. The number of fused-ring (bicyclic) bond motifs is 2. The zero-order valence-electron chi connectivity index (χ0n) is 18.6. The molecule has 3 amide bonds. The minimum absolute atomic E-state index is 0.152. The highest BCUT2D eigenvalue weighted by Gasteiger charge is 2.45. The highest BCUT2D eigenvalue weighted by Crippen LogP contribution is 2.40. The predicted molar refractivity (Wildman–Crippen MR) is 126 cm³/mol. The first-order chi connectivity index (χ1) is 16.6. The summed E-state index contributed by atoms with van der Waals surface area (Å²) in [6.45, 7) is 1.77. The van der Waals surface area contributed by atoms with Crippen LogP contribution in [0.3, 0.4) is 0 Å². The summed E-state index contributed by atoms with van der Waals surface area (Å²) in [5.41, 5.74) is 2.55. The number of carbonyl (C=O) groups excluding carboxylic acids is 2. The van der Waals surface area contributed by atoms with E-state index in [0.717, 1.165) is 28.3 Å². The number of carbonyl (C=O) groups is 2. The van der Waals surface area contributed by atoms with Gasteiger partial charge < -0.3 is 9.73 Å². The number of hydrogen-bond donors (Lipinski definition) is 1. The fourth-order valence-corrected chi connectivity index (χ4v) is 5.26. The molecule has 2 aliphatic rings. The molecular formula is C26H23N5O3. The monoisotopic (exact) mass is 453 g/mol. The smallest absolute Gasteiger partial charge is 0.329 e. The average Bonchev–Trinajstić information content (AvgIpc) is 3.30. The number of anilines is 1. The molecule has 0 radical (unpaired) electrons. The van der Waals surface area contributed by atoms with Crippen LogP contribution in [0.1, 0.15) is 36.6 Å². The third kappa shape index (κ3) is 3.42. The Hall–Kier alpha value is -4.07. The molecule has 1 aliphatic carbocycles. The zero-order chi connectivity index (χ0) is 23.2. The number of aromatic nitrogens is 3. The summed E-state index contributed by atoms with van der Waals surface area (Å²) >= 11 is 0. The molecule has 1 N–H and O–H groups in total. The maximum absolute atomic E-state index is 13.5. The fourth-order valence-electron chi connectivity index (χ4n) is 5.26. The van der Waals surface area contributed by atoms with Crippen LogP contribution in [0, 0.1) is 12.8 Å². The number of nitrogens with zero attached hydrogens (tertiary/aromatic N) is 4. The topological polar surface area (TPSA) is 101 Å². The molecule has 1 aliphatic heterocycles. The molecule has 3 unspecified atom stereocenters. The summed E-state index contributed by atoms with van der Waals surface area (Å²) in [6.07, 6.45) is 5.60. The van der Waals surface area contributed by atoms with Crippen molar-refractivity contribution in [1.29, 1.82) is 0 Å². The van der Waals surface area contributed by atoms with Crippen molar-refractivity contribution in [3.63, 3.8) is 0 Å². The first kappa shape index (κ1) is 20.5. The van der Waals surface area contributed by atoms with Gasteiger partial charge in [-0.1, -0.05) is 36.4 Å². The predicted octanol–water partition coefficient (Wildman–Crippen LogP) is 4.60. The van der Waals surface area contributed by atoms with Gasteiger partial charge in [-0.15, -0.1) is 10.2 Å². The van der Waals surface area contributed by atoms with Crippen LogP contribution in [0.4, 0.5) is 10.5 Å². The van der Waals surface area contributed by atoms with Crippen LogP contribution in [-0.2, 0) is 4.79 Å². The number of hydrogen-bond acceptors (Lipinski definition) is 6. The lowest BCUT2D eigenvalue weighted by Crippen LogP contribution is -2.61. The molecule has 1 saturated heterocycles. The summed E-state index contributed by atoms with van der Waals surface area (Å²) in [6, 6.07) is 15.1. The van der Waals surface area contributed by atoms with Gasteiger partial charge in [0.15, 0.2) is 0 Å². The largest absolute Gasteiger partial charge is 0.421 e. The van der Waals surface area contributed by atoms with Gasteiger partial charge >= 0.3 is 6.03 Å². The molecule has 2 aromatic heterocycles. The number of urea groups is 1. The first-order valence-electron chi connectivity index (χ1n) is 11.5. The van der Waals surface area contributed by atoms with E-state index >= 15 is 0 Å². The Morgan fingerprint density at radius 1 is 1.03 bits per heavy atom. The minimum atomic E-state index is -0.389. The lowest BCUT2D eigenvalue weighted by molar-refractivity contribution is -0.124. The van der Waals surface area contributed by atoms with Crippen molar-refractivity contribution in [2.24, 2.45) is 5.92 Å². The van der Waals surface area contributed by atoms with E-state index in [1.807, 2.05) is 36.4 Å². The quantitative estimate of drug-likeness (QED) is 0.486. The Morgan fingerprint density at radius 2 is 1.91 bits per heavy atom. The molecule has 3 heterocycles. The average molecular weight is 454 g/mol. The van der Waals surface area contributed by atoms with Crippen molar-refractivity contribution in [1.82, 2.24) is 20.5 Å². The molecule has 0 spiro atoms. The molecule has 2 aromatic carbocycles. The Morgan fingerprint density at radius 3 is 2.76 bits per heavy atom. The van der Waals surface area contributed by atoms with Crippen molar-refractivity contribution >= 4 is 28.4 Å². The lowest BCUT2D eigenvalue weighted by Gasteiger charge is -2.42. The van der Waals surface area contributed by atoms with E-state index in [0.29, 0.717) is 30.3 Å². The summed E-state index contributed by atoms with van der Waals surface area (Å²) < 4.78 is 5.58. The Labute approximate surface area is 196 Å². The summed E-state index contributed by atoms with van der Waals surface area (Å²) in [7, 11) is 0. The molecule has 34 heavy (non-hydrogen) atoms. The van der Waals surface area contributed by atoms with Crippen LogP contribution >= 0.6 is 0 Å². The van der Waals surface area contributed by atoms with E-state index in [4.69, 9.17) is 4.42 Å². The number of benzene rings is 2. The Kier molecular flexibility index (Phi) is 4.86. The maximum Gasteiger partial charge on any atom is 0.329 e. The van der Waals surface area contributed by atoms with Gasteiger partial charge in [0.2, 0.25) is 17.7 Å². The molecule has 8 nitrogen and oxygen atoms in total. The van der Waals surface area contributed by atoms with Crippen LogP contribution in [0.2, 0.25) is 0 Å². The third-order valence-corrected chi connectivity index (χ3v) is 6.92. The highest BCUT2D eigenvalue weighted by molar-refractivity contribution is 6.20. The van der Waals surface area contributed by atoms with Crippen LogP contribution in [0.25, 0.3) is 22.2 Å². The molecule has 8 heteroatoms. The van der Waals surface area contributed by atoms with Crippen molar-refractivity contribution in [2.75, 3.05) is 4.90 Å². The summed E-state index contributed by atoms with van der Waals surface area (Å²) in [4.78, 5) is 32.2. The Bertz CT molecular complexity index is 1410. The Balaban J connectivity index is 1.25. The van der Waals surface area contributed by atoms with E-state index in [1.165, 1.54) is 4.90 Å². The van der Waals surface area contributed by atoms with Crippen LogP contribution in [-0.4, -0.2) is 33.2 Å². The SMILES string of the molecule is Cc1nnc(-c2cccc(C3CCC4C(=O)N(c5cncc6ccccc56)C(=O)NC4C3)c2)o1. The molecule has 6 rings (SSSR count). The van der Waals surface area contributed by atoms with Gasteiger partial charge in [-0.2, -0.15) is 0 Å². The van der Waals surface area contributed by atoms with Gasteiger partial charge in [-0.25, -0.2) is 9.69 Å². The molecule has 170 valence electrons. The van der Waals surface area contributed by atoms with E-state index in [2.05, 4.69) is 32.6 Å². The van der Waals surface area contributed by atoms with Gasteiger partial charge in [0, 0.05) is 35.5 Å². The number of amides is 3. The molecule has 2 fully saturated rings. The molecule has 4 aromatic rings. The van der Waals surface area contributed by atoms with Crippen LogP contribution < -0.4 is 10.2 Å². The standard InChI is InChI=1S/C26H23N5O3/c1-15-29-30-24(34-15)18-7-4-6-16(11-18)17-9-10-21-22(12-17)28-26(33)31(25(21)32)23-14-27-13-19-5-2-3-8-20(19)23/h2-8,11,13-14,17,21-22H,9-10,12H2,1H3,(H,28,33). The van der Waals surface area contributed by atoms with E-state index in [-0.39, 0.29) is 29.8 Å². The first-order valence-corrected chi connectivity index (χ1v) is 11.5. The maximum atomic E-state index is 13.5. The van der Waals surface area contributed by atoms with Crippen molar-refractivity contribution < 1.29 is 14.0 Å². The second kappa shape index (κ2) is 8.06. The van der Waals surface area contributed by atoms with Crippen molar-refractivity contribution in [2.45, 2.75) is 38.1 Å². The van der Waals surface area contributed by atoms with Gasteiger partial charge in [0.25, 0.3) is 0 Å². The third-order valence-electron chi connectivity index (χ3n) is 6.92. The lowest BCUT2D eigenvalue weighted by atomic mass is 9.74. The van der Waals surface area contributed by atoms with Crippen molar-refractivity contribution in [3.8, 4) is 11.5 Å². The zero-order valence-corrected chi connectivity index (χ0v) is 18.6. The summed E-state index contributed by atoms with van der Waals surface area (Å²) in [5, 5.41) is 12.9. The molecule has 3 atom stereocenters. The van der Waals surface area contributed by atoms with Crippen molar-refractivity contribution in [3.05, 3.63) is 72.4 Å². The van der Waals surface area contributed by atoms with Gasteiger partial charge in [-0.3, -0.25) is 9.78 Å². The van der Waals surface area contributed by atoms with Crippen LogP contribution in [0.5, 0.6) is 0 Å². The second-order valence-corrected chi connectivity index (χ2v) is 8.98. The van der Waals surface area contributed by atoms with E-state index in [9.17, 15) is 9.59 Å². The fraction of sp³-hybridized carbons (Fsp3) is 0.269. The number of nitrogens with one attached hydrogen (secondary N) is 1. The normalized spacial score (nSPS) is 22.5. The van der Waals surface area contributed by atoms with Gasteiger partial charge in [-0.05, 0) is 42.9 Å². The second-order valence-electron chi connectivity index (χ2n) is 8.98. The minimum Gasteiger partial charge on any atom is -0.421 e. The van der Waals surface area contributed by atoms with Gasteiger partial charge in [0.1, 0.15) is 0 Å². The molecule has 1 saturated carbocycles. The molecular weight excluding hydrogens is 430 g/mol. The van der Waals surface area contributed by atoms with Gasteiger partial charge in [0.05, 0.1) is 17.8 Å². The number of aryl methyl sites for hydroxylation is 1. The number of pyridine rings is 1. The number of rotatable bonds is 3. The van der Waals surface area contributed by atoms with E-state index < -0.39 is 0 Å².